The van der Waals surface area contributed by atoms with Gasteiger partial charge in [-0.2, -0.15) is 5.01 Å². The number of hydrogen-bond donors (Lipinski definition) is 1. The van der Waals surface area contributed by atoms with Crippen molar-refractivity contribution in [2.45, 2.75) is 6.30 Å². The number of urea groups is 1. The second kappa shape index (κ2) is 5.81. The maximum atomic E-state index is 12.1. The Kier molecular flexibility index (Phi) is 5.40. The molecule has 0 fully saturated rings. The first kappa shape index (κ1) is 14.9. The third-order valence-corrected chi connectivity index (χ3v) is 1.28. The minimum absolute atomic E-state index is 0.0213. The van der Waals surface area contributed by atoms with Crippen molar-refractivity contribution in [1.82, 2.24) is 15.5 Å². The van der Waals surface area contributed by atoms with Gasteiger partial charge in [0.2, 0.25) is 0 Å². The minimum Gasteiger partial charge on any atom is -0.257 e. The van der Waals surface area contributed by atoms with Crippen molar-refractivity contribution in [2.24, 2.45) is 5.84 Å². The number of nitrogens with two attached hydrogens (primary N) is 1. The molecule has 0 rings (SSSR count). The maximum Gasteiger partial charge on any atom is 0.502 e. The van der Waals surface area contributed by atoms with Gasteiger partial charge >= 0.3 is 12.3 Å². The van der Waals surface area contributed by atoms with Crippen LogP contribution in [0.5, 0.6) is 0 Å². The fraction of sp³-hybridized carbons (Fsp3) is 0.800. The standard InChI is InChI=1S/C5H11F3N4O4/c1-14-11(12(15-2)16-3)4(13)10(9)5(6,7)8/h9H2,1-3H3. The van der Waals surface area contributed by atoms with Crippen molar-refractivity contribution in [3.8, 4) is 0 Å². The number of hydrogen-bond acceptors (Lipinski definition) is 6. The van der Waals surface area contributed by atoms with Crippen LogP contribution in [0.1, 0.15) is 0 Å². The van der Waals surface area contributed by atoms with E-state index in [0.29, 0.717) is 0 Å². The van der Waals surface area contributed by atoms with Crippen LogP contribution >= 0.6 is 0 Å². The molecule has 8 nitrogen and oxygen atoms in total. The first-order chi connectivity index (χ1) is 7.29. The lowest BCUT2D eigenvalue weighted by molar-refractivity contribution is -0.495. The SMILES string of the molecule is CON(OC)N(OC)C(=O)N(N)C(F)(F)F. The van der Waals surface area contributed by atoms with E-state index in [1.54, 1.807) is 0 Å². The van der Waals surface area contributed by atoms with Crippen LogP contribution in [0.25, 0.3) is 0 Å². The molecule has 0 saturated carbocycles. The second-order valence-corrected chi connectivity index (χ2v) is 2.18. The van der Waals surface area contributed by atoms with Gasteiger partial charge in [-0.15, -0.1) is 13.2 Å². The molecule has 0 aromatic carbocycles. The molecule has 0 atom stereocenters. The highest BCUT2D eigenvalue weighted by Crippen LogP contribution is 2.19. The summed E-state index contributed by atoms with van der Waals surface area (Å²) in [6, 6.07) is -1.75. The van der Waals surface area contributed by atoms with E-state index >= 15 is 0 Å². The smallest absolute Gasteiger partial charge is 0.257 e. The topological polar surface area (TPSA) is 80.5 Å². The monoisotopic (exact) mass is 248 g/mol. The Morgan fingerprint density at radius 3 is 1.81 bits per heavy atom. The summed E-state index contributed by atoms with van der Waals surface area (Å²) >= 11 is 0. The summed E-state index contributed by atoms with van der Waals surface area (Å²) in [4.78, 5) is 24.2. The van der Waals surface area contributed by atoms with E-state index in [1.165, 1.54) is 0 Å². The predicted molar refractivity (Wildman–Crippen MR) is 42.2 cm³/mol. The van der Waals surface area contributed by atoms with Gasteiger partial charge in [-0.1, -0.05) is 5.17 Å². The normalized spacial score (nSPS) is 11.8. The molecule has 96 valence electrons. The fourth-order valence-corrected chi connectivity index (χ4v) is 0.638. The molecule has 0 saturated heterocycles. The fourth-order valence-electron chi connectivity index (χ4n) is 0.638. The van der Waals surface area contributed by atoms with E-state index in [-0.39, 0.29) is 10.5 Å². The van der Waals surface area contributed by atoms with Gasteiger partial charge in [0, 0.05) is 0 Å². The molecular weight excluding hydrogens is 237 g/mol. The van der Waals surface area contributed by atoms with Gasteiger partial charge in [0.05, 0.1) is 26.7 Å². The molecule has 2 amide bonds. The first-order valence-corrected chi connectivity index (χ1v) is 3.67. The average molecular weight is 248 g/mol. The number of amides is 2. The molecule has 0 heterocycles. The Balaban J connectivity index is 4.78. The zero-order valence-corrected chi connectivity index (χ0v) is 8.69. The summed E-state index contributed by atoms with van der Waals surface area (Å²) < 4.78 is 36.2. The lowest BCUT2D eigenvalue weighted by atomic mass is 10.9. The Hall–Kier alpha value is -1.14. The third kappa shape index (κ3) is 3.46. The molecule has 2 N–H and O–H groups in total. The molecule has 11 heteroatoms. The summed E-state index contributed by atoms with van der Waals surface area (Å²) in [5.74, 6) is 4.52. The summed E-state index contributed by atoms with van der Waals surface area (Å²) in [5, 5.41) is -0.719. The summed E-state index contributed by atoms with van der Waals surface area (Å²) in [7, 11) is 3.00. The van der Waals surface area contributed by atoms with Gasteiger partial charge in [-0.05, 0) is 0 Å². The maximum absolute atomic E-state index is 12.1. The Morgan fingerprint density at radius 1 is 1.12 bits per heavy atom. The highest BCUT2D eigenvalue weighted by molar-refractivity contribution is 5.72. The average Bonchev–Trinajstić information content (AvgIpc) is 2.22. The molecule has 0 bridgehead atoms. The molecule has 0 unspecified atom stereocenters. The Morgan fingerprint density at radius 2 is 1.56 bits per heavy atom. The first-order valence-electron chi connectivity index (χ1n) is 3.67. The number of alkyl halides is 3. The van der Waals surface area contributed by atoms with Gasteiger partial charge in [0.15, 0.2) is 0 Å². The molecule has 0 aliphatic carbocycles. The van der Waals surface area contributed by atoms with Crippen molar-refractivity contribution >= 4 is 6.03 Å². The van der Waals surface area contributed by atoms with E-state index in [4.69, 9.17) is 0 Å². The molecule has 0 aliphatic heterocycles. The van der Waals surface area contributed by atoms with Crippen molar-refractivity contribution in [3.05, 3.63) is 0 Å². The van der Waals surface area contributed by atoms with Gasteiger partial charge in [-0.25, -0.2) is 10.6 Å². The molecule has 0 aromatic heterocycles. The van der Waals surface area contributed by atoms with Crippen molar-refractivity contribution in [2.75, 3.05) is 21.3 Å². The quantitative estimate of drug-likeness (QED) is 0.326. The predicted octanol–water partition coefficient (Wildman–Crippen LogP) is 0.00510. The Labute approximate surface area is 88.6 Å². The van der Waals surface area contributed by atoms with Crippen LogP contribution in [-0.4, -0.2) is 49.2 Å². The molecule has 0 spiro atoms. The highest BCUT2D eigenvalue weighted by atomic mass is 19.4. The van der Waals surface area contributed by atoms with Gasteiger partial charge in [0.25, 0.3) is 0 Å². The number of halogens is 3. The van der Waals surface area contributed by atoms with Crippen LogP contribution in [-0.2, 0) is 14.5 Å². The number of hydroxylamine groups is 1. The van der Waals surface area contributed by atoms with Crippen molar-refractivity contribution in [3.63, 3.8) is 0 Å². The molecule has 0 aliphatic rings. The summed E-state index contributed by atoms with van der Waals surface area (Å²) in [5.41, 5.74) is 0. The van der Waals surface area contributed by atoms with E-state index in [0.717, 1.165) is 21.3 Å². The minimum atomic E-state index is -5.05. The Bertz CT molecular complexity index is 234. The number of nitrogens with zero attached hydrogens (tertiary/aromatic N) is 3. The van der Waals surface area contributed by atoms with Crippen molar-refractivity contribution in [1.29, 1.82) is 0 Å². The second-order valence-electron chi connectivity index (χ2n) is 2.18. The van der Waals surface area contributed by atoms with Crippen molar-refractivity contribution < 1.29 is 32.5 Å². The van der Waals surface area contributed by atoms with Crippen LogP contribution < -0.4 is 5.84 Å². The van der Waals surface area contributed by atoms with E-state index < -0.39 is 17.3 Å². The number of carbonyl (C=O) groups excluding carboxylic acids is 1. The van der Waals surface area contributed by atoms with Gasteiger partial charge in [0.1, 0.15) is 0 Å². The molecular formula is C5H11F3N4O4. The van der Waals surface area contributed by atoms with E-state index in [1.807, 2.05) is 0 Å². The number of carbonyl (C=O) groups is 1. The van der Waals surface area contributed by atoms with Crippen LogP contribution in [0.2, 0.25) is 0 Å². The molecule has 0 radical (unpaired) electrons. The lowest BCUT2D eigenvalue weighted by Gasteiger charge is -2.30. The highest BCUT2D eigenvalue weighted by Gasteiger charge is 2.43. The van der Waals surface area contributed by atoms with Gasteiger partial charge < -0.3 is 0 Å². The van der Waals surface area contributed by atoms with Crippen LogP contribution in [0, 0.1) is 0 Å². The summed E-state index contributed by atoms with van der Waals surface area (Å²) in [6.07, 6.45) is -5.05. The number of rotatable bonds is 4. The van der Waals surface area contributed by atoms with Crippen LogP contribution in [0.15, 0.2) is 0 Å². The largest absolute Gasteiger partial charge is 0.502 e. The zero-order valence-electron chi connectivity index (χ0n) is 8.69. The van der Waals surface area contributed by atoms with Crippen LogP contribution in [0.3, 0.4) is 0 Å². The van der Waals surface area contributed by atoms with E-state index in [9.17, 15) is 18.0 Å². The molecule has 0 aromatic rings. The summed E-state index contributed by atoms with van der Waals surface area (Å²) in [6.45, 7) is 0. The molecule has 16 heavy (non-hydrogen) atoms. The zero-order chi connectivity index (χ0) is 12.9. The van der Waals surface area contributed by atoms with Crippen LogP contribution in [0.4, 0.5) is 18.0 Å². The third-order valence-electron chi connectivity index (χ3n) is 1.28. The number of hydrazine groups is 2. The van der Waals surface area contributed by atoms with Gasteiger partial charge in [-0.3, -0.25) is 14.5 Å². The lowest BCUT2D eigenvalue weighted by Crippen LogP contribution is -2.57. The van der Waals surface area contributed by atoms with E-state index in [2.05, 4.69) is 20.4 Å².